The quantitative estimate of drug-likeness (QED) is 0.821. The van der Waals surface area contributed by atoms with Crippen molar-refractivity contribution in [3.05, 3.63) is 41.0 Å². The fourth-order valence-corrected chi connectivity index (χ4v) is 3.60. The molecule has 2 N–H and O–H groups in total. The van der Waals surface area contributed by atoms with Gasteiger partial charge in [0.15, 0.2) is 0 Å². The number of nitrogens with one attached hydrogen (secondary N) is 1. The summed E-state index contributed by atoms with van der Waals surface area (Å²) < 4.78 is 0. The van der Waals surface area contributed by atoms with Crippen molar-refractivity contribution in [1.82, 2.24) is 5.32 Å². The number of rotatable bonds is 5. The van der Waals surface area contributed by atoms with E-state index in [0.29, 0.717) is 18.0 Å². The lowest BCUT2D eigenvalue weighted by molar-refractivity contribution is -0.131. The Balaban J connectivity index is 2.06. The Hall–Kier alpha value is -1.75. The van der Waals surface area contributed by atoms with Gasteiger partial charge >= 0.3 is 5.97 Å². The Morgan fingerprint density at radius 1 is 1.48 bits per heavy atom. The van der Waals surface area contributed by atoms with Gasteiger partial charge in [-0.05, 0) is 54.0 Å². The summed E-state index contributed by atoms with van der Waals surface area (Å²) in [6.07, 6.45) is 3.76. The standard InChI is InChI=1S/C16H19NO3S/c1-11-13(5-6-15(18)19)3-2-4-14(11)16(20)17-9-12-7-8-21-10-12/h2-6,12H,7-10H2,1H3,(H,17,20)(H,18,19)/b6-5+. The molecule has 0 saturated carbocycles. The van der Waals surface area contributed by atoms with Crippen LogP contribution in [0.4, 0.5) is 0 Å². The lowest BCUT2D eigenvalue weighted by Crippen LogP contribution is -2.29. The number of thioether (sulfide) groups is 1. The Morgan fingerprint density at radius 2 is 2.29 bits per heavy atom. The van der Waals surface area contributed by atoms with Gasteiger partial charge in [-0.25, -0.2) is 4.79 Å². The van der Waals surface area contributed by atoms with Crippen LogP contribution in [0.3, 0.4) is 0 Å². The van der Waals surface area contributed by atoms with Gasteiger partial charge in [-0.3, -0.25) is 4.79 Å². The van der Waals surface area contributed by atoms with Crippen molar-refractivity contribution in [2.45, 2.75) is 13.3 Å². The molecule has 0 aromatic heterocycles. The molecule has 1 aromatic rings. The van der Waals surface area contributed by atoms with Crippen LogP contribution in [0.2, 0.25) is 0 Å². The van der Waals surface area contributed by atoms with E-state index in [0.717, 1.165) is 29.4 Å². The number of carbonyl (C=O) groups is 2. The monoisotopic (exact) mass is 305 g/mol. The summed E-state index contributed by atoms with van der Waals surface area (Å²) in [6, 6.07) is 5.35. The van der Waals surface area contributed by atoms with Crippen LogP contribution < -0.4 is 5.32 Å². The number of hydrogen-bond donors (Lipinski definition) is 2. The van der Waals surface area contributed by atoms with Crippen LogP contribution in [0, 0.1) is 12.8 Å². The number of benzene rings is 1. The maximum absolute atomic E-state index is 12.3. The molecule has 1 amide bonds. The zero-order valence-corrected chi connectivity index (χ0v) is 12.8. The van der Waals surface area contributed by atoms with Crippen molar-refractivity contribution in [2.24, 2.45) is 5.92 Å². The van der Waals surface area contributed by atoms with Crippen LogP contribution in [0.1, 0.15) is 27.9 Å². The average molecular weight is 305 g/mol. The lowest BCUT2D eigenvalue weighted by atomic mass is 10.0. The van der Waals surface area contributed by atoms with Gasteiger partial charge in [0.05, 0.1) is 0 Å². The second-order valence-corrected chi connectivity index (χ2v) is 6.28. The maximum atomic E-state index is 12.3. The van der Waals surface area contributed by atoms with Crippen LogP contribution >= 0.6 is 11.8 Å². The molecule has 4 nitrogen and oxygen atoms in total. The number of hydrogen-bond acceptors (Lipinski definition) is 3. The third-order valence-electron chi connectivity index (χ3n) is 3.60. The third kappa shape index (κ3) is 4.36. The minimum absolute atomic E-state index is 0.0880. The summed E-state index contributed by atoms with van der Waals surface area (Å²) in [5.74, 6) is 1.77. The van der Waals surface area contributed by atoms with Crippen LogP contribution in [0.25, 0.3) is 6.08 Å². The Bertz CT molecular complexity index is 563. The molecule has 1 saturated heterocycles. The highest BCUT2D eigenvalue weighted by molar-refractivity contribution is 7.99. The normalized spacial score (nSPS) is 18.0. The van der Waals surface area contributed by atoms with Gasteiger partial charge in [-0.15, -0.1) is 0 Å². The summed E-state index contributed by atoms with van der Waals surface area (Å²) in [7, 11) is 0. The fourth-order valence-electron chi connectivity index (χ4n) is 2.32. The van der Waals surface area contributed by atoms with Crippen molar-refractivity contribution >= 4 is 29.7 Å². The molecule has 112 valence electrons. The maximum Gasteiger partial charge on any atom is 0.328 e. The number of aliphatic carboxylic acids is 1. The first-order chi connectivity index (χ1) is 10.1. The van der Waals surface area contributed by atoms with Crippen molar-refractivity contribution in [3.63, 3.8) is 0 Å². The summed E-state index contributed by atoms with van der Waals surface area (Å²) in [4.78, 5) is 22.8. The Labute approximate surface area is 128 Å². The van der Waals surface area contributed by atoms with Gasteiger partial charge < -0.3 is 10.4 Å². The molecule has 0 spiro atoms. The molecule has 1 aromatic carbocycles. The third-order valence-corrected chi connectivity index (χ3v) is 4.83. The van der Waals surface area contributed by atoms with Crippen LogP contribution in [0.15, 0.2) is 24.3 Å². The predicted molar refractivity (Wildman–Crippen MR) is 85.6 cm³/mol. The van der Waals surface area contributed by atoms with Gasteiger partial charge in [0.1, 0.15) is 0 Å². The Kier molecular flexibility index (Phi) is 5.44. The second kappa shape index (κ2) is 7.31. The minimum Gasteiger partial charge on any atom is -0.478 e. The summed E-state index contributed by atoms with van der Waals surface area (Å²) in [6.45, 7) is 2.54. The number of amides is 1. The molecule has 1 unspecified atom stereocenters. The van der Waals surface area contributed by atoms with E-state index in [-0.39, 0.29) is 5.91 Å². The van der Waals surface area contributed by atoms with E-state index in [4.69, 9.17) is 5.11 Å². The van der Waals surface area contributed by atoms with E-state index in [1.54, 1.807) is 18.2 Å². The van der Waals surface area contributed by atoms with Gasteiger partial charge in [-0.1, -0.05) is 12.1 Å². The summed E-state index contributed by atoms with van der Waals surface area (Å²) in [5, 5.41) is 11.7. The van der Waals surface area contributed by atoms with Crippen molar-refractivity contribution in [1.29, 1.82) is 0 Å². The molecule has 2 rings (SSSR count). The highest BCUT2D eigenvalue weighted by Gasteiger charge is 2.17. The molecule has 0 bridgehead atoms. The van der Waals surface area contributed by atoms with E-state index in [1.807, 2.05) is 18.7 Å². The smallest absolute Gasteiger partial charge is 0.328 e. The minimum atomic E-state index is -0.997. The highest BCUT2D eigenvalue weighted by atomic mass is 32.2. The highest BCUT2D eigenvalue weighted by Crippen LogP contribution is 2.22. The fraction of sp³-hybridized carbons (Fsp3) is 0.375. The summed E-state index contributed by atoms with van der Waals surface area (Å²) >= 11 is 1.93. The van der Waals surface area contributed by atoms with E-state index >= 15 is 0 Å². The van der Waals surface area contributed by atoms with Crippen LogP contribution in [0.5, 0.6) is 0 Å². The molecule has 1 atom stereocenters. The van der Waals surface area contributed by atoms with Crippen LogP contribution in [-0.4, -0.2) is 35.0 Å². The first kappa shape index (κ1) is 15.6. The number of carboxylic acids is 1. The SMILES string of the molecule is Cc1c(/C=C/C(=O)O)cccc1C(=O)NCC1CCSC1. The topological polar surface area (TPSA) is 66.4 Å². The number of carbonyl (C=O) groups excluding carboxylic acids is 1. The molecule has 0 aliphatic carbocycles. The van der Waals surface area contributed by atoms with Gasteiger partial charge in [0, 0.05) is 18.2 Å². The number of carboxylic acid groups (broad SMARTS) is 1. The van der Waals surface area contributed by atoms with Crippen LogP contribution in [-0.2, 0) is 4.79 Å². The zero-order chi connectivity index (χ0) is 15.2. The van der Waals surface area contributed by atoms with Gasteiger partial charge in [0.2, 0.25) is 0 Å². The molecule has 21 heavy (non-hydrogen) atoms. The van der Waals surface area contributed by atoms with Crippen molar-refractivity contribution in [3.8, 4) is 0 Å². The zero-order valence-electron chi connectivity index (χ0n) is 12.0. The Morgan fingerprint density at radius 3 is 2.95 bits per heavy atom. The lowest BCUT2D eigenvalue weighted by Gasteiger charge is -2.12. The summed E-state index contributed by atoms with van der Waals surface area (Å²) in [5.41, 5.74) is 2.16. The molecule has 5 heteroatoms. The predicted octanol–water partition coefficient (Wildman–Crippen LogP) is 2.58. The van der Waals surface area contributed by atoms with Gasteiger partial charge in [0.25, 0.3) is 5.91 Å². The first-order valence-corrected chi connectivity index (χ1v) is 8.10. The molecule has 1 fully saturated rings. The van der Waals surface area contributed by atoms with Gasteiger partial charge in [-0.2, -0.15) is 11.8 Å². The van der Waals surface area contributed by atoms with Crippen molar-refractivity contribution in [2.75, 3.05) is 18.1 Å². The molecule has 1 aliphatic rings. The molecule has 0 radical (unpaired) electrons. The second-order valence-electron chi connectivity index (χ2n) is 5.13. The molecular formula is C16H19NO3S. The van der Waals surface area contributed by atoms with E-state index in [2.05, 4.69) is 5.32 Å². The molecular weight excluding hydrogens is 286 g/mol. The van der Waals surface area contributed by atoms with E-state index in [1.165, 1.54) is 11.8 Å². The molecule has 1 heterocycles. The molecule has 1 aliphatic heterocycles. The first-order valence-electron chi connectivity index (χ1n) is 6.94. The largest absolute Gasteiger partial charge is 0.478 e. The van der Waals surface area contributed by atoms with E-state index < -0.39 is 5.97 Å². The van der Waals surface area contributed by atoms with Crippen molar-refractivity contribution < 1.29 is 14.7 Å². The van der Waals surface area contributed by atoms with E-state index in [9.17, 15) is 9.59 Å². The average Bonchev–Trinajstić information content (AvgIpc) is 2.97.